The molecule has 0 amide bonds. The number of benzene rings is 1. The number of nitrogens with zero attached hydrogens (tertiary/aromatic N) is 1. The third-order valence-electron chi connectivity index (χ3n) is 1.87. The van der Waals surface area contributed by atoms with Gasteiger partial charge in [-0.1, -0.05) is 44.2 Å². The Morgan fingerprint density at radius 1 is 1.21 bits per heavy atom. The largest absolute Gasteiger partial charge is 0.346 e. The van der Waals surface area contributed by atoms with Crippen molar-refractivity contribution in [2.75, 3.05) is 6.61 Å². The predicted octanol–water partition coefficient (Wildman–Crippen LogP) is 3.20. The van der Waals surface area contributed by atoms with E-state index in [0.29, 0.717) is 6.61 Å². The van der Waals surface area contributed by atoms with Gasteiger partial charge in [-0.25, -0.2) is 0 Å². The molecule has 0 fully saturated rings. The third kappa shape index (κ3) is 2.67. The third-order valence-corrected chi connectivity index (χ3v) is 1.87. The Bertz CT molecular complexity index is 292. The minimum Gasteiger partial charge on any atom is -0.346 e. The van der Waals surface area contributed by atoms with Gasteiger partial charge in [0.15, 0.2) is 6.23 Å². The second-order valence-electron chi connectivity index (χ2n) is 2.94. The lowest BCUT2D eigenvalue weighted by atomic mass is 10.2. The Morgan fingerprint density at radius 2 is 1.86 bits per heavy atom. The van der Waals surface area contributed by atoms with Gasteiger partial charge >= 0.3 is 0 Å². The first-order valence-electron chi connectivity index (χ1n) is 5.06. The summed E-state index contributed by atoms with van der Waals surface area (Å²) in [5.41, 5.74) is 2.21. The van der Waals surface area contributed by atoms with E-state index in [2.05, 4.69) is 4.99 Å². The van der Waals surface area contributed by atoms with Gasteiger partial charge in [-0.3, -0.25) is 4.99 Å². The minimum atomic E-state index is -0.0637. The molecule has 2 nitrogen and oxygen atoms in total. The maximum absolute atomic E-state index is 5.45. The Kier molecular flexibility index (Phi) is 4.33. The highest BCUT2D eigenvalue weighted by Crippen LogP contribution is 2.22. The van der Waals surface area contributed by atoms with E-state index >= 15 is 0 Å². The van der Waals surface area contributed by atoms with Gasteiger partial charge in [-0.2, -0.15) is 0 Å². The fourth-order valence-electron chi connectivity index (χ4n) is 1.26. The Morgan fingerprint density at radius 3 is 2.36 bits per heavy atom. The lowest BCUT2D eigenvalue weighted by molar-refractivity contribution is 0.110. The number of hydrogen-bond donors (Lipinski definition) is 0. The van der Waals surface area contributed by atoms with Crippen LogP contribution in [0.2, 0.25) is 0 Å². The zero-order chi connectivity index (χ0) is 10.4. The molecule has 0 saturated heterocycles. The molecule has 1 aliphatic rings. The van der Waals surface area contributed by atoms with Crippen molar-refractivity contribution >= 4 is 5.71 Å². The van der Waals surface area contributed by atoms with Crippen LogP contribution in [0.4, 0.5) is 0 Å². The molecule has 0 aliphatic carbocycles. The molecule has 1 aromatic rings. The van der Waals surface area contributed by atoms with E-state index in [9.17, 15) is 0 Å². The van der Waals surface area contributed by atoms with Crippen LogP contribution in [0.15, 0.2) is 35.3 Å². The molecule has 1 aromatic carbocycles. The molecule has 1 unspecified atom stereocenters. The maximum Gasteiger partial charge on any atom is 0.174 e. The molecule has 2 rings (SSSR count). The van der Waals surface area contributed by atoms with E-state index in [1.165, 1.54) is 0 Å². The normalized spacial score (nSPS) is 19.6. The molecule has 2 heteroatoms. The molecule has 1 aliphatic heterocycles. The van der Waals surface area contributed by atoms with Crippen LogP contribution in [0.3, 0.4) is 0 Å². The van der Waals surface area contributed by atoms with Crippen molar-refractivity contribution in [3.05, 3.63) is 35.9 Å². The summed E-state index contributed by atoms with van der Waals surface area (Å²) >= 11 is 0. The van der Waals surface area contributed by atoms with E-state index in [1.54, 1.807) is 0 Å². The summed E-state index contributed by atoms with van der Waals surface area (Å²) in [5, 5.41) is 0. The number of rotatable bonds is 1. The first-order valence-corrected chi connectivity index (χ1v) is 5.06. The van der Waals surface area contributed by atoms with Crippen LogP contribution in [0, 0.1) is 0 Å². The fourth-order valence-corrected chi connectivity index (χ4v) is 1.26. The topological polar surface area (TPSA) is 21.6 Å². The van der Waals surface area contributed by atoms with Gasteiger partial charge in [0.25, 0.3) is 0 Å². The minimum absolute atomic E-state index is 0.0637. The van der Waals surface area contributed by atoms with Crippen molar-refractivity contribution in [3.63, 3.8) is 0 Å². The molecule has 0 spiro atoms. The zero-order valence-corrected chi connectivity index (χ0v) is 9.03. The summed E-state index contributed by atoms with van der Waals surface area (Å²) in [6, 6.07) is 10.1. The van der Waals surface area contributed by atoms with Crippen LogP contribution in [0.5, 0.6) is 0 Å². The first-order chi connectivity index (χ1) is 6.86. The molecular weight excluding hydrogens is 174 g/mol. The van der Waals surface area contributed by atoms with E-state index in [4.69, 9.17) is 4.74 Å². The van der Waals surface area contributed by atoms with Gasteiger partial charge in [0.1, 0.15) is 0 Å². The Hall–Kier alpha value is -1.15. The maximum atomic E-state index is 5.45. The second-order valence-corrected chi connectivity index (χ2v) is 2.94. The van der Waals surface area contributed by atoms with Gasteiger partial charge in [0, 0.05) is 11.3 Å². The summed E-state index contributed by atoms with van der Waals surface area (Å²) in [6.45, 7) is 6.66. The second kappa shape index (κ2) is 5.55. The van der Waals surface area contributed by atoms with Gasteiger partial charge in [-0.05, 0) is 6.92 Å². The van der Waals surface area contributed by atoms with Crippen molar-refractivity contribution in [2.24, 2.45) is 4.99 Å². The number of hydrogen-bond acceptors (Lipinski definition) is 2. The summed E-state index contributed by atoms with van der Waals surface area (Å²) in [5.74, 6) is 0. The van der Waals surface area contributed by atoms with Crippen LogP contribution in [-0.2, 0) is 4.74 Å². The first kappa shape index (κ1) is 10.9. The standard InChI is InChI=1S/C10H11NO.C2H6/c1-8-7-12-10(11-8)9-5-3-2-4-6-9;1-2/h2-6,10H,7H2,1H3;1-2H3. The fraction of sp³-hybridized carbons (Fsp3) is 0.417. The quantitative estimate of drug-likeness (QED) is 0.668. The van der Waals surface area contributed by atoms with E-state index in [-0.39, 0.29) is 6.23 Å². The molecule has 0 saturated carbocycles. The van der Waals surface area contributed by atoms with E-state index in [1.807, 2.05) is 51.1 Å². The molecule has 0 aromatic heterocycles. The smallest absolute Gasteiger partial charge is 0.174 e. The average molecular weight is 191 g/mol. The van der Waals surface area contributed by atoms with Gasteiger partial charge < -0.3 is 4.74 Å². The van der Waals surface area contributed by atoms with Crippen molar-refractivity contribution < 1.29 is 4.74 Å². The lowest BCUT2D eigenvalue weighted by Crippen LogP contribution is -1.95. The number of aliphatic imine (C=N–C) groups is 1. The molecule has 14 heavy (non-hydrogen) atoms. The summed E-state index contributed by atoms with van der Waals surface area (Å²) < 4.78 is 5.45. The van der Waals surface area contributed by atoms with Crippen LogP contribution < -0.4 is 0 Å². The van der Waals surface area contributed by atoms with E-state index < -0.39 is 0 Å². The molecular formula is C12H17NO. The van der Waals surface area contributed by atoms with Crippen molar-refractivity contribution in [1.29, 1.82) is 0 Å². The molecule has 1 atom stereocenters. The highest BCUT2D eigenvalue weighted by Gasteiger charge is 2.15. The van der Waals surface area contributed by atoms with Crippen molar-refractivity contribution in [1.82, 2.24) is 0 Å². The van der Waals surface area contributed by atoms with E-state index in [0.717, 1.165) is 11.3 Å². The predicted molar refractivity (Wildman–Crippen MR) is 59.6 cm³/mol. The monoisotopic (exact) mass is 191 g/mol. The summed E-state index contributed by atoms with van der Waals surface area (Å²) in [4.78, 5) is 4.35. The van der Waals surface area contributed by atoms with Gasteiger partial charge in [-0.15, -0.1) is 0 Å². The average Bonchev–Trinajstić information content (AvgIpc) is 2.69. The zero-order valence-electron chi connectivity index (χ0n) is 9.03. The molecule has 0 radical (unpaired) electrons. The summed E-state index contributed by atoms with van der Waals surface area (Å²) in [7, 11) is 0. The van der Waals surface area contributed by atoms with Crippen LogP contribution in [0.25, 0.3) is 0 Å². The van der Waals surface area contributed by atoms with Crippen molar-refractivity contribution in [3.8, 4) is 0 Å². The molecule has 0 bridgehead atoms. The highest BCUT2D eigenvalue weighted by molar-refractivity contribution is 5.84. The number of ether oxygens (including phenoxy) is 1. The molecule has 76 valence electrons. The Labute approximate surface area is 85.6 Å². The molecule has 1 heterocycles. The van der Waals surface area contributed by atoms with Crippen LogP contribution in [0.1, 0.15) is 32.6 Å². The summed E-state index contributed by atoms with van der Waals surface area (Å²) in [6.07, 6.45) is -0.0637. The molecule has 0 N–H and O–H groups in total. The lowest BCUT2D eigenvalue weighted by Gasteiger charge is -2.05. The van der Waals surface area contributed by atoms with Crippen LogP contribution >= 0.6 is 0 Å². The van der Waals surface area contributed by atoms with Crippen LogP contribution in [-0.4, -0.2) is 12.3 Å². The highest BCUT2D eigenvalue weighted by atomic mass is 16.5. The Balaban J connectivity index is 0.000000461. The van der Waals surface area contributed by atoms with Gasteiger partial charge in [0.05, 0.1) is 6.61 Å². The SMILES string of the molecule is CC.CC1=NC(c2ccccc2)OC1. The van der Waals surface area contributed by atoms with Crippen molar-refractivity contribution in [2.45, 2.75) is 27.0 Å². The van der Waals surface area contributed by atoms with Gasteiger partial charge in [0.2, 0.25) is 0 Å².